The van der Waals surface area contributed by atoms with Gasteiger partial charge in [-0.25, -0.2) is 12.8 Å². The highest BCUT2D eigenvalue weighted by atomic mass is 32.2. The number of hydrogen-bond acceptors (Lipinski definition) is 4. The molecule has 1 heterocycles. The molecule has 0 fully saturated rings. The number of aryl methyl sites for hydroxylation is 1. The van der Waals surface area contributed by atoms with E-state index < -0.39 is 15.8 Å². The zero-order valence-electron chi connectivity index (χ0n) is 11.8. The summed E-state index contributed by atoms with van der Waals surface area (Å²) < 4.78 is 40.5. The van der Waals surface area contributed by atoms with Crippen LogP contribution in [0, 0.1) is 12.7 Å². The molecule has 2 aromatic rings. The molecular weight excluding hydrogens is 311 g/mol. The van der Waals surface area contributed by atoms with Crippen molar-refractivity contribution in [1.82, 2.24) is 5.32 Å². The van der Waals surface area contributed by atoms with Crippen LogP contribution in [-0.2, 0) is 16.4 Å². The molecule has 21 heavy (non-hydrogen) atoms. The van der Waals surface area contributed by atoms with Crippen molar-refractivity contribution < 1.29 is 12.8 Å². The lowest BCUT2D eigenvalue weighted by Gasteiger charge is -2.07. The highest BCUT2D eigenvalue weighted by molar-refractivity contribution is 7.94. The van der Waals surface area contributed by atoms with E-state index in [2.05, 4.69) is 10.0 Å². The Bertz CT molecular complexity index is 706. The largest absolute Gasteiger partial charge is 0.319 e. The lowest BCUT2D eigenvalue weighted by molar-refractivity contribution is 0.603. The molecular formula is C14H17FN2O2S2. The van der Waals surface area contributed by atoms with Gasteiger partial charge in [0.05, 0.1) is 5.69 Å². The molecule has 1 aromatic carbocycles. The van der Waals surface area contributed by atoms with Crippen LogP contribution in [0.25, 0.3) is 0 Å². The number of anilines is 1. The highest BCUT2D eigenvalue weighted by Crippen LogP contribution is 2.25. The second-order valence-corrected chi connectivity index (χ2v) is 7.77. The van der Waals surface area contributed by atoms with Gasteiger partial charge in [-0.3, -0.25) is 4.72 Å². The fourth-order valence-corrected chi connectivity index (χ4v) is 4.28. The standard InChI is InChI=1S/C14H17FN2O2S2/c1-10-7-11(15)9-12(8-10)17-21(18,19)14-4-3-13(20-14)5-6-16-2/h3-4,7-9,16-17H,5-6H2,1-2H3. The average molecular weight is 328 g/mol. The molecule has 0 bridgehead atoms. The summed E-state index contributed by atoms with van der Waals surface area (Å²) in [7, 11) is -1.82. The maximum absolute atomic E-state index is 13.3. The van der Waals surface area contributed by atoms with Gasteiger partial charge in [-0.15, -0.1) is 11.3 Å². The second-order valence-electron chi connectivity index (χ2n) is 4.70. The van der Waals surface area contributed by atoms with Crippen molar-refractivity contribution in [3.05, 3.63) is 46.6 Å². The monoisotopic (exact) mass is 328 g/mol. The third-order valence-electron chi connectivity index (χ3n) is 2.82. The van der Waals surface area contributed by atoms with Gasteiger partial charge in [-0.1, -0.05) is 0 Å². The number of halogens is 1. The zero-order chi connectivity index (χ0) is 15.5. The third-order valence-corrected chi connectivity index (χ3v) is 5.84. The summed E-state index contributed by atoms with van der Waals surface area (Å²) in [5.74, 6) is -0.464. The fourth-order valence-electron chi connectivity index (χ4n) is 1.89. The van der Waals surface area contributed by atoms with Crippen molar-refractivity contribution in [2.45, 2.75) is 17.6 Å². The van der Waals surface area contributed by atoms with Gasteiger partial charge in [-0.05, 0) is 62.8 Å². The van der Waals surface area contributed by atoms with Gasteiger partial charge in [0, 0.05) is 4.88 Å². The number of sulfonamides is 1. The molecule has 0 amide bonds. The van der Waals surface area contributed by atoms with Crippen molar-refractivity contribution in [2.75, 3.05) is 18.3 Å². The molecule has 2 rings (SSSR count). The molecule has 1 aromatic heterocycles. The van der Waals surface area contributed by atoms with Crippen LogP contribution in [0.4, 0.5) is 10.1 Å². The van der Waals surface area contributed by atoms with Gasteiger partial charge in [0.1, 0.15) is 10.0 Å². The van der Waals surface area contributed by atoms with Crippen molar-refractivity contribution in [2.24, 2.45) is 0 Å². The average Bonchev–Trinajstić information content (AvgIpc) is 2.84. The van der Waals surface area contributed by atoms with Gasteiger partial charge < -0.3 is 5.32 Å². The van der Waals surface area contributed by atoms with E-state index in [0.717, 1.165) is 17.8 Å². The fraction of sp³-hybridized carbons (Fsp3) is 0.286. The number of nitrogens with one attached hydrogen (secondary N) is 2. The van der Waals surface area contributed by atoms with Gasteiger partial charge in [0.2, 0.25) is 0 Å². The Morgan fingerprint density at radius 1 is 1.24 bits per heavy atom. The first-order valence-corrected chi connectivity index (χ1v) is 8.74. The molecule has 0 radical (unpaired) electrons. The zero-order valence-corrected chi connectivity index (χ0v) is 13.4. The minimum absolute atomic E-state index is 0.232. The molecule has 114 valence electrons. The van der Waals surface area contributed by atoms with E-state index in [1.165, 1.54) is 23.5 Å². The predicted molar refractivity (Wildman–Crippen MR) is 83.9 cm³/mol. The van der Waals surface area contributed by atoms with Crippen LogP contribution in [-0.4, -0.2) is 22.0 Å². The van der Waals surface area contributed by atoms with Gasteiger partial charge >= 0.3 is 0 Å². The van der Waals surface area contributed by atoms with Crippen molar-refractivity contribution >= 4 is 27.0 Å². The maximum atomic E-state index is 13.3. The first-order valence-electron chi connectivity index (χ1n) is 6.44. The molecule has 0 atom stereocenters. The van der Waals surface area contributed by atoms with Crippen molar-refractivity contribution in [3.8, 4) is 0 Å². The maximum Gasteiger partial charge on any atom is 0.271 e. The minimum atomic E-state index is -3.67. The lowest BCUT2D eigenvalue weighted by atomic mass is 10.2. The van der Waals surface area contributed by atoms with Crippen LogP contribution in [0.2, 0.25) is 0 Å². The van der Waals surface area contributed by atoms with Crippen LogP contribution in [0.3, 0.4) is 0 Å². The van der Waals surface area contributed by atoms with E-state index in [1.807, 2.05) is 7.05 Å². The van der Waals surface area contributed by atoms with E-state index in [-0.39, 0.29) is 9.90 Å². The highest BCUT2D eigenvalue weighted by Gasteiger charge is 2.17. The van der Waals surface area contributed by atoms with E-state index in [1.54, 1.807) is 25.1 Å². The summed E-state index contributed by atoms with van der Waals surface area (Å²) in [6.45, 7) is 2.50. The van der Waals surface area contributed by atoms with Crippen LogP contribution >= 0.6 is 11.3 Å². The van der Waals surface area contributed by atoms with Crippen molar-refractivity contribution in [3.63, 3.8) is 0 Å². The summed E-state index contributed by atoms with van der Waals surface area (Å²) >= 11 is 1.22. The lowest BCUT2D eigenvalue weighted by Crippen LogP contribution is -2.11. The SMILES string of the molecule is CNCCc1ccc(S(=O)(=O)Nc2cc(C)cc(F)c2)s1. The molecule has 0 aliphatic rings. The predicted octanol–water partition coefficient (Wildman–Crippen LogP) is 2.76. The molecule has 2 N–H and O–H groups in total. The minimum Gasteiger partial charge on any atom is -0.319 e. The smallest absolute Gasteiger partial charge is 0.271 e. The van der Waals surface area contributed by atoms with E-state index in [4.69, 9.17) is 0 Å². The van der Waals surface area contributed by atoms with E-state index in [9.17, 15) is 12.8 Å². The Balaban J connectivity index is 2.19. The topological polar surface area (TPSA) is 58.2 Å². The van der Waals surface area contributed by atoms with E-state index in [0.29, 0.717) is 5.56 Å². The molecule has 0 aliphatic carbocycles. The number of thiophene rings is 1. The van der Waals surface area contributed by atoms with E-state index >= 15 is 0 Å². The third kappa shape index (κ3) is 4.26. The van der Waals surface area contributed by atoms with Crippen LogP contribution in [0.1, 0.15) is 10.4 Å². The Kier molecular flexibility index (Phi) is 4.97. The summed E-state index contributed by atoms with van der Waals surface area (Å²) in [6, 6.07) is 7.48. The summed E-state index contributed by atoms with van der Waals surface area (Å²) in [5.41, 5.74) is 0.895. The molecule has 0 saturated heterocycles. The van der Waals surface area contributed by atoms with Crippen LogP contribution in [0.5, 0.6) is 0 Å². The van der Waals surface area contributed by atoms with Crippen LogP contribution < -0.4 is 10.0 Å². The first kappa shape index (κ1) is 15.9. The number of likely N-dealkylation sites (N-methyl/N-ethyl adjacent to an activating group) is 1. The molecule has 0 unspecified atom stereocenters. The second kappa shape index (κ2) is 6.55. The molecule has 0 saturated carbocycles. The summed E-state index contributed by atoms with van der Waals surface area (Å²) in [4.78, 5) is 0.986. The van der Waals surface area contributed by atoms with Gasteiger partial charge in [-0.2, -0.15) is 0 Å². The van der Waals surface area contributed by atoms with Crippen LogP contribution in [0.15, 0.2) is 34.5 Å². The molecule has 4 nitrogen and oxygen atoms in total. The van der Waals surface area contributed by atoms with Gasteiger partial charge in [0.25, 0.3) is 10.0 Å². The quantitative estimate of drug-likeness (QED) is 0.857. The molecule has 7 heteroatoms. The number of benzene rings is 1. The Morgan fingerprint density at radius 2 is 2.00 bits per heavy atom. The first-order chi connectivity index (χ1) is 9.90. The number of rotatable bonds is 6. The summed E-state index contributed by atoms with van der Waals surface area (Å²) in [6.07, 6.45) is 0.774. The Labute approximate surface area is 128 Å². The Morgan fingerprint density at radius 3 is 2.67 bits per heavy atom. The van der Waals surface area contributed by atoms with Gasteiger partial charge in [0.15, 0.2) is 0 Å². The normalized spacial score (nSPS) is 11.6. The number of hydrogen-bond donors (Lipinski definition) is 2. The Hall–Kier alpha value is -1.44. The summed E-state index contributed by atoms with van der Waals surface area (Å²) in [5, 5.41) is 3.02. The van der Waals surface area contributed by atoms with Crippen molar-refractivity contribution in [1.29, 1.82) is 0 Å². The molecule has 0 aliphatic heterocycles. The molecule has 0 spiro atoms.